The summed E-state index contributed by atoms with van der Waals surface area (Å²) >= 11 is 0. The molecule has 0 bridgehead atoms. The number of aryl methyl sites for hydroxylation is 1. The number of nitrogens with zero attached hydrogens (tertiary/aromatic N) is 4. The van der Waals surface area contributed by atoms with E-state index in [1.807, 2.05) is 54.5 Å². The number of carbonyl (C=O) groups excluding carboxylic acids is 1. The molecule has 1 fully saturated rings. The summed E-state index contributed by atoms with van der Waals surface area (Å²) < 4.78 is 3.64. The van der Waals surface area contributed by atoms with E-state index in [2.05, 4.69) is 10.1 Å². The second-order valence-corrected chi connectivity index (χ2v) is 7.38. The number of imidazole rings is 1. The summed E-state index contributed by atoms with van der Waals surface area (Å²) in [5, 5.41) is 4.47. The SMILES string of the molecule is Cc1nn(CC(=O)N2CCC(n3c(=O)[nH]c4ccccc43)CC2)c(C)c1C. The van der Waals surface area contributed by atoms with Crippen molar-refractivity contribution in [1.29, 1.82) is 0 Å². The maximum absolute atomic E-state index is 12.7. The van der Waals surface area contributed by atoms with Gasteiger partial charge < -0.3 is 9.88 Å². The van der Waals surface area contributed by atoms with Crippen molar-refractivity contribution in [3.63, 3.8) is 0 Å². The largest absolute Gasteiger partial charge is 0.341 e. The Bertz CT molecular complexity index is 1050. The van der Waals surface area contributed by atoms with Gasteiger partial charge in [-0.1, -0.05) is 12.1 Å². The number of para-hydroxylation sites is 2. The fraction of sp³-hybridized carbons (Fsp3) is 0.450. The standard InChI is InChI=1S/C20H25N5O2/c1-13-14(2)22-24(15(13)3)12-19(26)23-10-8-16(9-11-23)25-18-7-5-4-6-17(18)21-20(25)27/h4-7,16H,8-12H2,1-3H3,(H,21,27). The van der Waals surface area contributed by atoms with Gasteiger partial charge in [0.2, 0.25) is 5.91 Å². The third-order valence-electron chi connectivity index (χ3n) is 5.83. The van der Waals surface area contributed by atoms with E-state index in [4.69, 9.17) is 0 Å². The van der Waals surface area contributed by atoms with E-state index in [9.17, 15) is 9.59 Å². The number of fused-ring (bicyclic) bond motifs is 1. The normalized spacial score (nSPS) is 15.6. The third kappa shape index (κ3) is 3.07. The Balaban J connectivity index is 1.45. The van der Waals surface area contributed by atoms with Crippen molar-refractivity contribution in [1.82, 2.24) is 24.2 Å². The van der Waals surface area contributed by atoms with Gasteiger partial charge in [-0.05, 0) is 51.3 Å². The van der Waals surface area contributed by atoms with E-state index in [1.54, 1.807) is 4.68 Å². The molecule has 7 heteroatoms. The number of amides is 1. The van der Waals surface area contributed by atoms with E-state index in [1.165, 1.54) is 0 Å². The second-order valence-electron chi connectivity index (χ2n) is 7.38. The molecule has 0 radical (unpaired) electrons. The van der Waals surface area contributed by atoms with Crippen LogP contribution in [0.3, 0.4) is 0 Å². The Hall–Kier alpha value is -2.83. The minimum Gasteiger partial charge on any atom is -0.341 e. The molecule has 1 aliphatic heterocycles. The summed E-state index contributed by atoms with van der Waals surface area (Å²) in [6, 6.07) is 7.87. The number of nitrogens with one attached hydrogen (secondary N) is 1. The van der Waals surface area contributed by atoms with Crippen LogP contribution >= 0.6 is 0 Å². The van der Waals surface area contributed by atoms with E-state index >= 15 is 0 Å². The molecule has 2 aromatic heterocycles. The molecule has 0 spiro atoms. The van der Waals surface area contributed by atoms with E-state index in [0.29, 0.717) is 13.1 Å². The number of H-pyrrole nitrogens is 1. The zero-order valence-electron chi connectivity index (χ0n) is 16.0. The van der Waals surface area contributed by atoms with E-state index in [0.717, 1.165) is 40.8 Å². The number of aromatic amines is 1. The lowest BCUT2D eigenvalue weighted by Gasteiger charge is -2.32. The topological polar surface area (TPSA) is 75.9 Å². The summed E-state index contributed by atoms with van der Waals surface area (Å²) in [5.41, 5.74) is 4.88. The van der Waals surface area contributed by atoms with Crippen LogP contribution in [-0.2, 0) is 11.3 Å². The van der Waals surface area contributed by atoms with Crippen molar-refractivity contribution < 1.29 is 4.79 Å². The molecule has 1 aliphatic rings. The molecule has 4 rings (SSSR count). The Kier molecular flexibility index (Phi) is 4.37. The van der Waals surface area contributed by atoms with Crippen LogP contribution in [0.5, 0.6) is 0 Å². The molecule has 142 valence electrons. The van der Waals surface area contributed by atoms with Gasteiger partial charge in [-0.25, -0.2) is 4.79 Å². The van der Waals surface area contributed by atoms with Crippen LogP contribution in [0.1, 0.15) is 35.8 Å². The van der Waals surface area contributed by atoms with Gasteiger partial charge in [0.15, 0.2) is 0 Å². The van der Waals surface area contributed by atoms with Gasteiger partial charge in [0.05, 0.1) is 16.7 Å². The van der Waals surface area contributed by atoms with Crippen LogP contribution in [0.4, 0.5) is 0 Å². The maximum atomic E-state index is 12.7. The first kappa shape index (κ1) is 17.6. The molecule has 1 saturated heterocycles. The number of rotatable bonds is 3. The van der Waals surface area contributed by atoms with Gasteiger partial charge in [-0.2, -0.15) is 5.10 Å². The zero-order chi connectivity index (χ0) is 19.1. The Labute approximate surface area is 157 Å². The third-order valence-corrected chi connectivity index (χ3v) is 5.83. The molecule has 7 nitrogen and oxygen atoms in total. The number of piperidine rings is 1. The fourth-order valence-electron chi connectivity index (χ4n) is 3.98. The molecule has 1 N–H and O–H groups in total. The minimum atomic E-state index is -0.0703. The minimum absolute atomic E-state index is 0.0703. The predicted octanol–water partition coefficient (Wildman–Crippen LogP) is 2.32. The Morgan fingerprint density at radius 2 is 1.89 bits per heavy atom. The van der Waals surface area contributed by atoms with Crippen molar-refractivity contribution in [2.75, 3.05) is 13.1 Å². The molecule has 0 aliphatic carbocycles. The van der Waals surface area contributed by atoms with E-state index in [-0.39, 0.29) is 24.2 Å². The lowest BCUT2D eigenvalue weighted by Crippen LogP contribution is -2.42. The number of hydrogen-bond acceptors (Lipinski definition) is 3. The van der Waals surface area contributed by atoms with Gasteiger partial charge in [0, 0.05) is 24.8 Å². The van der Waals surface area contributed by atoms with Crippen molar-refractivity contribution in [2.24, 2.45) is 0 Å². The van der Waals surface area contributed by atoms with Gasteiger partial charge >= 0.3 is 5.69 Å². The quantitative estimate of drug-likeness (QED) is 0.772. The molecule has 0 atom stereocenters. The monoisotopic (exact) mass is 367 g/mol. The van der Waals surface area contributed by atoms with Crippen molar-refractivity contribution in [3.8, 4) is 0 Å². The highest BCUT2D eigenvalue weighted by Gasteiger charge is 2.26. The van der Waals surface area contributed by atoms with Crippen molar-refractivity contribution in [3.05, 3.63) is 51.7 Å². The number of likely N-dealkylation sites (tertiary alicyclic amines) is 1. The number of aromatic nitrogens is 4. The average molecular weight is 367 g/mol. The summed E-state index contributed by atoms with van der Waals surface area (Å²) in [7, 11) is 0. The Morgan fingerprint density at radius 3 is 2.56 bits per heavy atom. The fourth-order valence-corrected chi connectivity index (χ4v) is 3.98. The van der Waals surface area contributed by atoms with E-state index < -0.39 is 0 Å². The van der Waals surface area contributed by atoms with Crippen molar-refractivity contribution in [2.45, 2.75) is 46.2 Å². The van der Waals surface area contributed by atoms with Crippen LogP contribution in [0.25, 0.3) is 11.0 Å². The first-order chi connectivity index (χ1) is 13.0. The lowest BCUT2D eigenvalue weighted by molar-refractivity contribution is -0.133. The van der Waals surface area contributed by atoms with Gasteiger partial charge in [-0.3, -0.25) is 14.0 Å². The number of hydrogen-bond donors (Lipinski definition) is 1. The van der Waals surface area contributed by atoms with Crippen LogP contribution in [0.15, 0.2) is 29.1 Å². The maximum Gasteiger partial charge on any atom is 0.326 e. The zero-order valence-corrected chi connectivity index (χ0v) is 16.0. The average Bonchev–Trinajstić information content (AvgIpc) is 3.12. The Morgan fingerprint density at radius 1 is 1.19 bits per heavy atom. The van der Waals surface area contributed by atoms with Gasteiger partial charge in [-0.15, -0.1) is 0 Å². The van der Waals surface area contributed by atoms with Crippen molar-refractivity contribution >= 4 is 16.9 Å². The molecule has 3 heterocycles. The first-order valence-corrected chi connectivity index (χ1v) is 9.43. The molecule has 1 amide bonds. The first-order valence-electron chi connectivity index (χ1n) is 9.43. The summed E-state index contributed by atoms with van der Waals surface area (Å²) in [4.78, 5) is 29.9. The lowest BCUT2D eigenvalue weighted by atomic mass is 10.0. The molecule has 1 aromatic carbocycles. The second kappa shape index (κ2) is 6.72. The van der Waals surface area contributed by atoms with Crippen LogP contribution in [-0.4, -0.2) is 43.2 Å². The smallest absolute Gasteiger partial charge is 0.326 e. The highest BCUT2D eigenvalue weighted by atomic mass is 16.2. The number of benzene rings is 1. The highest BCUT2D eigenvalue weighted by molar-refractivity contribution is 5.76. The van der Waals surface area contributed by atoms with Gasteiger partial charge in [0.25, 0.3) is 0 Å². The number of carbonyl (C=O) groups is 1. The molecular formula is C20H25N5O2. The molecular weight excluding hydrogens is 342 g/mol. The predicted molar refractivity (Wildman–Crippen MR) is 104 cm³/mol. The van der Waals surface area contributed by atoms with Gasteiger partial charge in [0.1, 0.15) is 6.54 Å². The molecule has 3 aromatic rings. The van der Waals surface area contributed by atoms with Crippen LogP contribution in [0.2, 0.25) is 0 Å². The molecule has 0 unspecified atom stereocenters. The summed E-state index contributed by atoms with van der Waals surface area (Å²) in [6.07, 6.45) is 1.56. The molecule has 27 heavy (non-hydrogen) atoms. The van der Waals surface area contributed by atoms with Crippen LogP contribution < -0.4 is 5.69 Å². The summed E-state index contributed by atoms with van der Waals surface area (Å²) in [6.45, 7) is 7.59. The highest BCUT2D eigenvalue weighted by Crippen LogP contribution is 2.25. The summed E-state index contributed by atoms with van der Waals surface area (Å²) in [5.74, 6) is 0.0883. The molecule has 0 saturated carbocycles. The van der Waals surface area contributed by atoms with Crippen LogP contribution in [0, 0.1) is 20.8 Å².